The summed E-state index contributed by atoms with van der Waals surface area (Å²) in [5.41, 5.74) is 2.74. The van der Waals surface area contributed by atoms with E-state index in [4.69, 9.17) is 14.9 Å². The summed E-state index contributed by atoms with van der Waals surface area (Å²) in [6, 6.07) is 13.9. The van der Waals surface area contributed by atoms with Gasteiger partial charge in [0, 0.05) is 7.11 Å². The van der Waals surface area contributed by atoms with Gasteiger partial charge in [-0.3, -0.25) is 0 Å². The molecule has 0 amide bonds. The second kappa shape index (κ2) is 16.0. The number of halogens is 4. The van der Waals surface area contributed by atoms with Gasteiger partial charge in [0.05, 0.1) is 32.6 Å². The molecule has 0 heterocycles. The predicted octanol–water partition coefficient (Wildman–Crippen LogP) is 7.41. The monoisotopic (exact) mass is 932 g/mol. The third-order valence-electron chi connectivity index (χ3n) is 4.76. The minimum absolute atomic E-state index is 0.0719. The van der Waals surface area contributed by atoms with E-state index < -0.39 is 12.2 Å². The van der Waals surface area contributed by atoms with Crippen LogP contribution in [-0.2, 0) is 4.74 Å². The Bertz CT molecular complexity index is 1040. The Hall–Kier alpha value is -0.140. The molecule has 3 aromatic rings. The molecule has 3 rings (SSSR count). The Kier molecular flexibility index (Phi) is 15.0. The molecule has 0 saturated heterocycles. The van der Waals surface area contributed by atoms with Gasteiger partial charge in [-0.2, -0.15) is 0 Å². The summed E-state index contributed by atoms with van der Waals surface area (Å²) < 4.78 is 8.47. The first kappa shape index (κ1) is 32.9. The van der Waals surface area contributed by atoms with Crippen molar-refractivity contribution >= 4 is 90.4 Å². The molecule has 3 unspecified atom stereocenters. The Morgan fingerprint density at radius 3 is 1.26 bits per heavy atom. The molecular weight excluding hydrogens is 904 g/mol. The molecule has 6 nitrogen and oxygen atoms in total. The van der Waals surface area contributed by atoms with Crippen LogP contribution in [-0.4, -0.2) is 32.6 Å². The summed E-state index contributed by atoms with van der Waals surface area (Å²) in [5.74, 6) is 0.873. The molecule has 192 valence electrons. The Balaban J connectivity index is 0.000000265. The lowest BCUT2D eigenvalue weighted by Crippen LogP contribution is -1.97. The van der Waals surface area contributed by atoms with Gasteiger partial charge in [0.15, 0.2) is 0 Å². The van der Waals surface area contributed by atoms with E-state index in [1.807, 2.05) is 64.2 Å². The Morgan fingerprint density at radius 2 is 0.943 bits per heavy atom. The maximum absolute atomic E-state index is 9.53. The second-order valence-corrected chi connectivity index (χ2v) is 12.1. The molecule has 0 aromatic heterocycles. The van der Waals surface area contributed by atoms with Crippen molar-refractivity contribution in [2.45, 2.75) is 39.1 Å². The van der Waals surface area contributed by atoms with Crippen molar-refractivity contribution in [1.29, 1.82) is 0 Å². The molecule has 0 fully saturated rings. The Morgan fingerprint density at radius 1 is 0.600 bits per heavy atom. The largest absolute Gasteiger partial charge is 0.508 e. The first-order valence-corrected chi connectivity index (χ1v) is 14.6. The van der Waals surface area contributed by atoms with Crippen LogP contribution in [0.15, 0.2) is 48.5 Å². The highest BCUT2D eigenvalue weighted by atomic mass is 127. The van der Waals surface area contributed by atoms with Gasteiger partial charge in [0.25, 0.3) is 0 Å². The highest BCUT2D eigenvalue weighted by Gasteiger charge is 2.10. The fourth-order valence-corrected chi connectivity index (χ4v) is 6.17. The smallest absolute Gasteiger partial charge is 0.142 e. The molecule has 0 aliphatic carbocycles. The summed E-state index contributed by atoms with van der Waals surface area (Å²) >= 11 is 8.32. The highest BCUT2D eigenvalue weighted by molar-refractivity contribution is 14.1. The van der Waals surface area contributed by atoms with Crippen molar-refractivity contribution < 1.29 is 30.3 Å². The van der Waals surface area contributed by atoms with E-state index in [0.717, 1.165) is 31.0 Å². The average Bonchev–Trinajstić information content (AvgIpc) is 2.80. The topological polar surface area (TPSA) is 110 Å². The van der Waals surface area contributed by atoms with E-state index in [2.05, 4.69) is 45.2 Å². The van der Waals surface area contributed by atoms with Crippen molar-refractivity contribution in [2.24, 2.45) is 0 Å². The van der Waals surface area contributed by atoms with Crippen LogP contribution in [0.4, 0.5) is 0 Å². The maximum Gasteiger partial charge on any atom is 0.142 e. The molecule has 0 saturated carbocycles. The number of hydrogen-bond acceptors (Lipinski definition) is 6. The zero-order chi connectivity index (χ0) is 26.9. The van der Waals surface area contributed by atoms with Crippen LogP contribution in [0.5, 0.6) is 17.2 Å². The third-order valence-corrected chi connectivity index (χ3v) is 8.05. The number of hydrogen-bond donors (Lipinski definition) is 5. The lowest BCUT2D eigenvalue weighted by molar-refractivity contribution is 0.119. The van der Waals surface area contributed by atoms with E-state index in [1.165, 1.54) is 0 Å². The summed E-state index contributed by atoms with van der Waals surface area (Å²) in [6.07, 6.45) is -0.865. The molecule has 0 aliphatic heterocycles. The quantitative estimate of drug-likeness (QED) is 0.175. The lowest BCUT2D eigenvalue weighted by atomic mass is 10.1. The number of phenolic OH excluding ortho intramolecular Hbond substituents is 3. The first-order valence-electron chi connectivity index (χ1n) is 10.3. The number of aliphatic hydroxyl groups is 2. The number of aliphatic hydroxyl groups excluding tert-OH is 2. The molecule has 0 aliphatic rings. The van der Waals surface area contributed by atoms with Crippen LogP contribution in [0.25, 0.3) is 0 Å². The second-order valence-electron chi connectivity index (χ2n) is 7.49. The van der Waals surface area contributed by atoms with Crippen LogP contribution >= 0.6 is 90.4 Å². The van der Waals surface area contributed by atoms with Gasteiger partial charge in [0.1, 0.15) is 17.2 Å². The minimum atomic E-state index is -0.479. The van der Waals surface area contributed by atoms with Gasteiger partial charge < -0.3 is 30.3 Å². The van der Waals surface area contributed by atoms with E-state index in [1.54, 1.807) is 57.4 Å². The number of rotatable bonds is 4. The summed E-state index contributed by atoms with van der Waals surface area (Å²) in [6.45, 7) is 5.38. The summed E-state index contributed by atoms with van der Waals surface area (Å²) in [4.78, 5) is 0. The van der Waals surface area contributed by atoms with Crippen molar-refractivity contribution in [3.8, 4) is 17.2 Å². The molecule has 35 heavy (non-hydrogen) atoms. The fourth-order valence-electron chi connectivity index (χ4n) is 2.54. The van der Waals surface area contributed by atoms with Crippen LogP contribution in [0.1, 0.15) is 55.8 Å². The maximum atomic E-state index is 9.53. The third kappa shape index (κ3) is 11.0. The first-order chi connectivity index (χ1) is 16.3. The van der Waals surface area contributed by atoms with E-state index in [-0.39, 0.29) is 11.9 Å². The minimum Gasteiger partial charge on any atom is -0.508 e. The molecular formula is C25H28I4O6. The van der Waals surface area contributed by atoms with E-state index in [0.29, 0.717) is 11.5 Å². The zero-order valence-corrected chi connectivity index (χ0v) is 28.1. The SMILES string of the molecule is CC(O)c1cc(I)c(O)c(I)c1.CC(O)c1ccc(O)cc1.COC(C)c1cc(I)c(O)c(I)c1. The summed E-state index contributed by atoms with van der Waals surface area (Å²) in [7, 11) is 1.68. The van der Waals surface area contributed by atoms with Crippen LogP contribution in [0, 0.1) is 14.3 Å². The number of methoxy groups -OCH3 is 1. The van der Waals surface area contributed by atoms with Crippen molar-refractivity contribution in [1.82, 2.24) is 0 Å². The number of benzene rings is 3. The number of ether oxygens (including phenoxy) is 1. The molecule has 0 radical (unpaired) electrons. The molecule has 3 aromatic carbocycles. The van der Waals surface area contributed by atoms with E-state index >= 15 is 0 Å². The van der Waals surface area contributed by atoms with Crippen molar-refractivity contribution in [2.75, 3.05) is 7.11 Å². The molecule has 0 spiro atoms. The van der Waals surface area contributed by atoms with Crippen LogP contribution < -0.4 is 0 Å². The van der Waals surface area contributed by atoms with Crippen molar-refractivity contribution in [3.63, 3.8) is 0 Å². The van der Waals surface area contributed by atoms with Gasteiger partial charge >= 0.3 is 0 Å². The normalized spacial score (nSPS) is 13.0. The van der Waals surface area contributed by atoms with E-state index in [9.17, 15) is 15.3 Å². The van der Waals surface area contributed by atoms with Gasteiger partial charge in [-0.15, -0.1) is 0 Å². The molecule has 5 N–H and O–H groups in total. The number of phenols is 3. The van der Waals surface area contributed by atoms with Crippen molar-refractivity contribution in [3.05, 3.63) is 79.5 Å². The van der Waals surface area contributed by atoms with Gasteiger partial charge in [-0.05, 0) is 164 Å². The van der Waals surface area contributed by atoms with Gasteiger partial charge in [-0.1, -0.05) is 12.1 Å². The predicted molar refractivity (Wildman–Crippen MR) is 172 cm³/mol. The molecule has 0 bridgehead atoms. The van der Waals surface area contributed by atoms with Gasteiger partial charge in [-0.25, -0.2) is 0 Å². The average molecular weight is 932 g/mol. The molecule has 3 atom stereocenters. The van der Waals surface area contributed by atoms with Gasteiger partial charge in [0.2, 0.25) is 0 Å². The van der Waals surface area contributed by atoms with Crippen LogP contribution in [0.3, 0.4) is 0 Å². The fraction of sp³-hybridized carbons (Fsp3) is 0.280. The highest BCUT2D eigenvalue weighted by Crippen LogP contribution is 2.31. The zero-order valence-electron chi connectivity index (χ0n) is 19.5. The standard InChI is InChI=1S/C9H10I2O2.C8H8I2O2.C8H10O2/c1-5(13-2)6-3-7(10)9(12)8(11)4-6;1-4(11)5-2-6(9)8(12)7(10)3-5;1-6(9)7-2-4-8(10)5-3-7/h3-5,12H,1-2H3;2-4,11-12H,1H3;2-6,9-10H,1H3. The summed E-state index contributed by atoms with van der Waals surface area (Å²) in [5, 5.41) is 46.1. The number of aromatic hydroxyl groups is 3. The Labute approximate surface area is 260 Å². The molecule has 10 heteroatoms. The lowest BCUT2D eigenvalue weighted by Gasteiger charge is -2.11. The van der Waals surface area contributed by atoms with Crippen LogP contribution in [0.2, 0.25) is 0 Å².